The van der Waals surface area contributed by atoms with Crippen molar-refractivity contribution in [3.63, 3.8) is 0 Å². The number of halogens is 4. The van der Waals surface area contributed by atoms with Crippen molar-refractivity contribution in [3.05, 3.63) is 29.6 Å². The summed E-state index contributed by atoms with van der Waals surface area (Å²) in [4.78, 5) is 0. The first kappa shape index (κ1) is 15.8. The Kier molecular flexibility index (Phi) is 5.60. The van der Waals surface area contributed by atoms with E-state index in [0.29, 0.717) is 19.0 Å². The van der Waals surface area contributed by atoms with Crippen LogP contribution < -0.4 is 5.32 Å². The highest BCUT2D eigenvalue weighted by Gasteiger charge is 2.31. The van der Waals surface area contributed by atoms with Crippen molar-refractivity contribution < 1.29 is 22.7 Å². The van der Waals surface area contributed by atoms with Gasteiger partial charge in [0.15, 0.2) is 0 Å². The molecule has 19 heavy (non-hydrogen) atoms. The smallest absolute Gasteiger partial charge is 0.396 e. The molecular weight excluding hydrogens is 262 g/mol. The van der Waals surface area contributed by atoms with Crippen molar-refractivity contribution >= 4 is 5.69 Å². The van der Waals surface area contributed by atoms with Crippen LogP contribution in [0, 0.1) is 11.7 Å². The molecule has 0 radical (unpaired) electrons. The maximum Gasteiger partial charge on any atom is 0.416 e. The van der Waals surface area contributed by atoms with E-state index in [9.17, 15) is 17.6 Å². The van der Waals surface area contributed by atoms with Gasteiger partial charge in [0.2, 0.25) is 0 Å². The molecule has 1 rings (SSSR count). The summed E-state index contributed by atoms with van der Waals surface area (Å²) >= 11 is 0. The molecule has 0 aliphatic heterocycles. The summed E-state index contributed by atoms with van der Waals surface area (Å²) in [5.41, 5.74) is -0.956. The number of alkyl halides is 3. The van der Waals surface area contributed by atoms with Gasteiger partial charge < -0.3 is 10.4 Å². The molecule has 0 bridgehead atoms. The number of hydrogen-bond acceptors (Lipinski definition) is 2. The first-order valence-electron chi connectivity index (χ1n) is 6.10. The Morgan fingerprint density at radius 3 is 2.47 bits per heavy atom. The van der Waals surface area contributed by atoms with Gasteiger partial charge in [0.1, 0.15) is 5.82 Å². The van der Waals surface area contributed by atoms with Crippen LogP contribution in [0.15, 0.2) is 18.2 Å². The SMILES string of the molecule is CCC(CCO)CNc1ccc(C(F)(F)F)cc1F. The number of aliphatic hydroxyl groups excluding tert-OH is 1. The molecule has 2 N–H and O–H groups in total. The van der Waals surface area contributed by atoms with Gasteiger partial charge in [-0.25, -0.2) is 4.39 Å². The summed E-state index contributed by atoms with van der Waals surface area (Å²) in [7, 11) is 0. The normalized spacial score (nSPS) is 13.4. The van der Waals surface area contributed by atoms with Crippen LogP contribution in [-0.2, 0) is 6.18 Å². The van der Waals surface area contributed by atoms with Crippen molar-refractivity contribution in [2.45, 2.75) is 25.9 Å². The van der Waals surface area contributed by atoms with Crippen LogP contribution >= 0.6 is 0 Å². The summed E-state index contributed by atoms with van der Waals surface area (Å²) < 4.78 is 50.6. The Morgan fingerprint density at radius 1 is 1.32 bits per heavy atom. The lowest BCUT2D eigenvalue weighted by Crippen LogP contribution is -2.16. The van der Waals surface area contributed by atoms with E-state index in [0.717, 1.165) is 18.6 Å². The molecule has 108 valence electrons. The van der Waals surface area contributed by atoms with Crippen LogP contribution in [0.5, 0.6) is 0 Å². The van der Waals surface area contributed by atoms with Crippen molar-refractivity contribution in [1.82, 2.24) is 0 Å². The van der Waals surface area contributed by atoms with Crippen LogP contribution in [0.2, 0.25) is 0 Å². The molecule has 0 heterocycles. The maximum absolute atomic E-state index is 13.5. The minimum Gasteiger partial charge on any atom is -0.396 e. The average molecular weight is 279 g/mol. The van der Waals surface area contributed by atoms with E-state index in [-0.39, 0.29) is 18.2 Å². The van der Waals surface area contributed by atoms with E-state index in [1.807, 2.05) is 6.92 Å². The van der Waals surface area contributed by atoms with Gasteiger partial charge in [-0.05, 0) is 30.5 Å². The lowest BCUT2D eigenvalue weighted by molar-refractivity contribution is -0.137. The molecule has 0 amide bonds. The molecular formula is C13H17F4NO. The fourth-order valence-corrected chi connectivity index (χ4v) is 1.72. The van der Waals surface area contributed by atoms with E-state index in [2.05, 4.69) is 5.32 Å². The second-order valence-electron chi connectivity index (χ2n) is 4.36. The Morgan fingerprint density at radius 2 is 2.00 bits per heavy atom. The molecule has 0 spiro atoms. The zero-order valence-corrected chi connectivity index (χ0v) is 10.6. The van der Waals surface area contributed by atoms with Gasteiger partial charge in [0.25, 0.3) is 0 Å². The molecule has 1 unspecified atom stereocenters. The number of benzene rings is 1. The minimum atomic E-state index is -4.54. The quantitative estimate of drug-likeness (QED) is 0.779. The van der Waals surface area contributed by atoms with Gasteiger partial charge >= 0.3 is 6.18 Å². The van der Waals surface area contributed by atoms with Gasteiger partial charge in [-0.3, -0.25) is 0 Å². The van der Waals surface area contributed by atoms with Crippen LogP contribution in [0.25, 0.3) is 0 Å². The summed E-state index contributed by atoms with van der Waals surface area (Å²) in [6, 6.07) is 2.41. The number of anilines is 1. The van der Waals surface area contributed by atoms with E-state index in [4.69, 9.17) is 5.11 Å². The van der Waals surface area contributed by atoms with E-state index < -0.39 is 17.6 Å². The van der Waals surface area contributed by atoms with E-state index in [1.54, 1.807) is 0 Å². The van der Waals surface area contributed by atoms with E-state index >= 15 is 0 Å². The lowest BCUT2D eigenvalue weighted by Gasteiger charge is -2.16. The second-order valence-corrected chi connectivity index (χ2v) is 4.36. The Labute approximate surface area is 109 Å². The standard InChI is InChI=1S/C13H17F4NO/c1-2-9(5-6-19)8-18-12-4-3-10(7-11(12)14)13(15,16)17/h3-4,7,9,18-19H,2,5-6,8H2,1H3. The third kappa shape index (κ3) is 4.70. The summed E-state index contributed by atoms with van der Waals surface area (Å²) in [6.07, 6.45) is -3.16. The maximum atomic E-state index is 13.5. The van der Waals surface area contributed by atoms with Gasteiger partial charge in [0, 0.05) is 13.2 Å². The third-order valence-corrected chi connectivity index (χ3v) is 2.99. The van der Waals surface area contributed by atoms with Crippen molar-refractivity contribution in [1.29, 1.82) is 0 Å². The van der Waals surface area contributed by atoms with Gasteiger partial charge in [-0.2, -0.15) is 13.2 Å². The molecule has 0 saturated heterocycles. The summed E-state index contributed by atoms with van der Waals surface area (Å²) in [6.45, 7) is 2.39. The monoisotopic (exact) mass is 279 g/mol. The van der Waals surface area contributed by atoms with Crippen LogP contribution in [0.3, 0.4) is 0 Å². The molecule has 0 aliphatic carbocycles. The highest BCUT2D eigenvalue weighted by atomic mass is 19.4. The molecule has 0 saturated carbocycles. The number of aliphatic hydroxyl groups is 1. The number of nitrogens with one attached hydrogen (secondary N) is 1. The predicted molar refractivity (Wildman–Crippen MR) is 65.4 cm³/mol. The predicted octanol–water partition coefficient (Wildman–Crippen LogP) is 3.67. The number of rotatable bonds is 6. The van der Waals surface area contributed by atoms with Crippen LogP contribution in [0.1, 0.15) is 25.3 Å². The molecule has 2 nitrogen and oxygen atoms in total. The Balaban J connectivity index is 2.70. The molecule has 0 aromatic heterocycles. The summed E-state index contributed by atoms with van der Waals surface area (Å²) in [5, 5.41) is 11.6. The number of hydrogen-bond donors (Lipinski definition) is 2. The lowest BCUT2D eigenvalue weighted by atomic mass is 10.0. The fraction of sp³-hybridized carbons (Fsp3) is 0.538. The highest BCUT2D eigenvalue weighted by Crippen LogP contribution is 2.31. The topological polar surface area (TPSA) is 32.3 Å². The first-order chi connectivity index (χ1) is 8.88. The first-order valence-corrected chi connectivity index (χ1v) is 6.10. The third-order valence-electron chi connectivity index (χ3n) is 2.99. The van der Waals surface area contributed by atoms with Gasteiger partial charge in [-0.1, -0.05) is 13.3 Å². The van der Waals surface area contributed by atoms with E-state index in [1.165, 1.54) is 0 Å². The fourth-order valence-electron chi connectivity index (χ4n) is 1.72. The Bertz CT molecular complexity index is 406. The second kappa shape index (κ2) is 6.75. The van der Waals surface area contributed by atoms with Crippen molar-refractivity contribution in [3.8, 4) is 0 Å². The average Bonchev–Trinajstić information content (AvgIpc) is 2.34. The van der Waals surface area contributed by atoms with Crippen molar-refractivity contribution in [2.75, 3.05) is 18.5 Å². The zero-order valence-electron chi connectivity index (χ0n) is 10.6. The largest absolute Gasteiger partial charge is 0.416 e. The van der Waals surface area contributed by atoms with Gasteiger partial charge in [-0.15, -0.1) is 0 Å². The van der Waals surface area contributed by atoms with Gasteiger partial charge in [0.05, 0.1) is 11.3 Å². The minimum absolute atomic E-state index is 0.0374. The Hall–Kier alpha value is -1.30. The molecule has 1 aromatic carbocycles. The molecule has 6 heteroatoms. The zero-order chi connectivity index (χ0) is 14.5. The molecule has 1 aromatic rings. The molecule has 1 atom stereocenters. The summed E-state index contributed by atoms with van der Waals surface area (Å²) in [5.74, 6) is -0.764. The van der Waals surface area contributed by atoms with Crippen LogP contribution in [-0.4, -0.2) is 18.3 Å². The van der Waals surface area contributed by atoms with Crippen LogP contribution in [0.4, 0.5) is 23.2 Å². The highest BCUT2D eigenvalue weighted by molar-refractivity contribution is 5.46. The molecule has 0 aliphatic rings. The van der Waals surface area contributed by atoms with Crippen molar-refractivity contribution in [2.24, 2.45) is 5.92 Å². The molecule has 0 fully saturated rings.